The second-order valence-electron chi connectivity index (χ2n) is 15.0. The van der Waals surface area contributed by atoms with Gasteiger partial charge in [-0.3, -0.25) is 4.79 Å². The third-order valence-corrected chi connectivity index (χ3v) is 10.9. The van der Waals surface area contributed by atoms with Crippen molar-refractivity contribution in [1.82, 2.24) is 0 Å². The number of ether oxygens (including phenoxy) is 8. The summed E-state index contributed by atoms with van der Waals surface area (Å²) in [4.78, 5) is 43.9. The monoisotopic (exact) mass is 812 g/mol. The van der Waals surface area contributed by atoms with Crippen LogP contribution >= 0.6 is 0 Å². The summed E-state index contributed by atoms with van der Waals surface area (Å²) in [5.41, 5.74) is 0.744. The van der Waals surface area contributed by atoms with Gasteiger partial charge in [0.1, 0.15) is 30.5 Å². The van der Waals surface area contributed by atoms with Gasteiger partial charge in [-0.25, -0.2) is 14.4 Å². The maximum Gasteiger partial charge on any atom is 2.00 e. The molecular weight excluding hydrogens is 760 g/mol. The Bertz CT molecular complexity index is 1490. The van der Waals surface area contributed by atoms with Gasteiger partial charge in [0.25, 0.3) is 0 Å². The molecule has 0 spiro atoms. The van der Waals surface area contributed by atoms with Crippen molar-refractivity contribution in [3.05, 3.63) is 43.9 Å². The van der Waals surface area contributed by atoms with Gasteiger partial charge in [0, 0.05) is 28.6 Å². The van der Waals surface area contributed by atoms with Crippen molar-refractivity contribution in [1.29, 1.82) is 0 Å². The maximum atomic E-state index is 11.5. The summed E-state index contributed by atoms with van der Waals surface area (Å²) < 4.78 is 41.9. The fourth-order valence-electron chi connectivity index (χ4n) is 8.25. The van der Waals surface area contributed by atoms with Crippen LogP contribution in [0.4, 0.5) is 0 Å². The Balaban J connectivity index is 0.000000252. The van der Waals surface area contributed by atoms with Crippen molar-refractivity contribution in [3.8, 4) is 0 Å². The number of aliphatic hydroxyl groups excluding tert-OH is 2. The second kappa shape index (κ2) is 17.9. The van der Waals surface area contributed by atoms with Crippen LogP contribution in [0.2, 0.25) is 0 Å². The topological polar surface area (TPSA) is 223 Å². The predicted octanol–water partition coefficient (Wildman–Crippen LogP) is -2.41. The normalized spacial score (nSPS) is 43.9. The zero-order chi connectivity index (χ0) is 37.5. The number of aliphatic hydroxyl groups is 4. The minimum Gasteiger partial charge on any atom is -1.00 e. The van der Waals surface area contributed by atoms with Gasteiger partial charge in [0.2, 0.25) is 0 Å². The number of esters is 4. The molecule has 306 valence electrons. The van der Waals surface area contributed by atoms with E-state index >= 15 is 0 Å². The minimum atomic E-state index is -1.17. The van der Waals surface area contributed by atoms with Crippen LogP contribution in [0.15, 0.2) is 36.5 Å². The van der Waals surface area contributed by atoms with Gasteiger partial charge in [0.05, 0.1) is 36.4 Å². The first-order valence-electron chi connectivity index (χ1n) is 17.0. The summed E-state index contributed by atoms with van der Waals surface area (Å²) in [7, 11) is 0. The molecule has 55 heavy (non-hydrogen) atoms. The zero-order valence-electron chi connectivity index (χ0n) is 31.2. The van der Waals surface area contributed by atoms with Crippen LogP contribution in [0.3, 0.4) is 0 Å². The molecule has 0 aromatic rings. The summed E-state index contributed by atoms with van der Waals surface area (Å²) in [6.45, 7) is 18.0. The average molecular weight is 814 g/mol. The van der Waals surface area contributed by atoms with Crippen LogP contribution < -0.4 is 12.4 Å². The Kier molecular flexibility index (Phi) is 16.0. The Morgan fingerprint density at radius 1 is 0.691 bits per heavy atom. The number of hydrogen-bond acceptors (Lipinski definition) is 16. The molecule has 17 unspecified atom stereocenters. The number of halogens is 1. The van der Waals surface area contributed by atoms with Crippen molar-refractivity contribution in [2.75, 3.05) is 0 Å². The largest absolute Gasteiger partial charge is 2.00 e. The zero-order valence-corrected chi connectivity index (χ0v) is 33.3. The van der Waals surface area contributed by atoms with E-state index in [0.29, 0.717) is 18.4 Å². The summed E-state index contributed by atoms with van der Waals surface area (Å²) >= 11 is 0. The van der Waals surface area contributed by atoms with Gasteiger partial charge in [0.15, 0.2) is 23.8 Å². The number of hydrogen-bond donors (Lipinski definition) is 4. The first-order valence-corrected chi connectivity index (χ1v) is 17.0. The maximum absolute atomic E-state index is 11.5. The van der Waals surface area contributed by atoms with E-state index in [1.165, 1.54) is 13.8 Å². The predicted molar refractivity (Wildman–Crippen MR) is 188 cm³/mol. The van der Waals surface area contributed by atoms with Gasteiger partial charge in [-0.15, -0.1) is 0 Å². The molecule has 16 nitrogen and oxygen atoms in total. The molecule has 9 heterocycles. The molecule has 9 aliphatic rings. The van der Waals surface area contributed by atoms with Crippen molar-refractivity contribution in [3.63, 3.8) is 0 Å². The van der Waals surface area contributed by atoms with E-state index < -0.39 is 47.8 Å². The molecule has 0 radical (unpaired) electrons. The molecular formula is C37H53ClMgO16. The first kappa shape index (κ1) is 49.1. The Labute approximate surface area is 343 Å². The van der Waals surface area contributed by atoms with E-state index in [9.17, 15) is 39.6 Å². The number of fused-ring (bicyclic) bond motifs is 3. The van der Waals surface area contributed by atoms with Gasteiger partial charge in [-0.2, -0.15) is 0 Å². The molecule has 0 aliphatic carbocycles. The third-order valence-electron chi connectivity index (χ3n) is 10.9. The van der Waals surface area contributed by atoms with Gasteiger partial charge < -0.3 is 78.2 Å². The van der Waals surface area contributed by atoms with Gasteiger partial charge >= 0.3 is 46.9 Å². The molecule has 9 rings (SSSR count). The van der Waals surface area contributed by atoms with E-state index in [0.717, 1.165) is 6.42 Å². The molecule has 0 amide bonds. The summed E-state index contributed by atoms with van der Waals surface area (Å²) in [6, 6.07) is 0. The molecule has 18 heteroatoms. The quantitative estimate of drug-likeness (QED) is 0.0580. The summed E-state index contributed by atoms with van der Waals surface area (Å²) in [5, 5.41) is 38.8. The molecule has 0 saturated carbocycles. The van der Waals surface area contributed by atoms with Crippen LogP contribution in [-0.4, -0.2) is 152 Å². The molecule has 9 fully saturated rings. The van der Waals surface area contributed by atoms with Crippen LogP contribution in [0.25, 0.3) is 0 Å². The summed E-state index contributed by atoms with van der Waals surface area (Å²) in [6.07, 6.45) is -1.35. The molecule has 6 bridgehead atoms. The summed E-state index contributed by atoms with van der Waals surface area (Å²) in [5.74, 6) is -4.37. The Morgan fingerprint density at radius 3 is 1.56 bits per heavy atom. The van der Waals surface area contributed by atoms with Crippen molar-refractivity contribution >= 4 is 46.9 Å². The van der Waals surface area contributed by atoms with E-state index in [1.54, 1.807) is 20.8 Å². The third kappa shape index (κ3) is 9.03. The Hall–Kier alpha value is -2.00. The fourth-order valence-corrected chi connectivity index (χ4v) is 8.25. The minimum absolute atomic E-state index is 0. The van der Waals surface area contributed by atoms with E-state index in [4.69, 9.17) is 33.2 Å². The SMILES string of the molecule is C.C=C(C)C(=O)OC(=O)C(=C)C.C=C(C)C(=O)OC1C2CC3C(O2)C1OC3(C)O.CC1(O)OC2C(O)C3CC1C2O3.O=C1OC2C(O)C3CC1C2O3.[CH3-].[Cl-].[Mg+2]. The van der Waals surface area contributed by atoms with E-state index in [-0.39, 0.29) is 140 Å². The second-order valence-corrected chi connectivity index (χ2v) is 15.0. The number of rotatable bonds is 4. The number of carbonyl (C=O) groups excluding carboxylic acids is 4. The standard InChI is InChI=1S/C12H16O5.C8H12O4.C8H10O3.C7H8O4.CH4.CH3.ClH.Mg/c1-5(2)11(13)16-9-7-4-6-8(15-7)10(9)17-12(6,3)14;1-8(10)3-2-4-5(9)7(12-8)6(3)11-4;1-5(2)7(9)11-8(10)6(3)4;8-4-3-1-2-5(10-3)6(4)11-7(2)9;;;;/h6-10,14H,1,4H2,2-3H3;3-7,9-10H,2H2,1H3;1,3H2,2,4H3;2-6,8H,1H2;1H4;1H3;1H;/q;;;;;-1;;+2/p-1. The molecule has 0 aromatic carbocycles. The van der Waals surface area contributed by atoms with Crippen molar-refractivity contribution in [2.45, 2.75) is 146 Å². The molecule has 0 aromatic heterocycles. The van der Waals surface area contributed by atoms with Crippen molar-refractivity contribution in [2.24, 2.45) is 17.8 Å². The first-order chi connectivity index (χ1) is 23.7. The molecule has 9 saturated heterocycles. The average Bonchev–Trinajstić information content (AvgIpc) is 3.90. The van der Waals surface area contributed by atoms with Gasteiger partial charge in [-0.1, -0.05) is 27.2 Å². The van der Waals surface area contributed by atoms with Crippen LogP contribution in [-0.2, 0) is 57.1 Å². The van der Waals surface area contributed by atoms with Crippen LogP contribution in [0, 0.1) is 25.2 Å². The number of carbonyl (C=O) groups is 4. The van der Waals surface area contributed by atoms with E-state index in [2.05, 4.69) is 24.5 Å². The smallest absolute Gasteiger partial charge is 1.00 e. The van der Waals surface area contributed by atoms with Crippen molar-refractivity contribution < 1.29 is 89.9 Å². The molecule has 9 aliphatic heterocycles. The Morgan fingerprint density at radius 2 is 1.11 bits per heavy atom. The van der Waals surface area contributed by atoms with E-state index in [1.807, 2.05) is 0 Å². The fraction of sp³-hybridized carbons (Fsp3) is 0.703. The molecule has 17 atom stereocenters. The van der Waals surface area contributed by atoms with Crippen LogP contribution in [0.1, 0.15) is 61.3 Å². The van der Waals surface area contributed by atoms with Gasteiger partial charge in [-0.05, 0) is 53.9 Å². The molecule has 4 N–H and O–H groups in total. The van der Waals surface area contributed by atoms with Crippen LogP contribution in [0.5, 0.6) is 0 Å².